The number of nitrogens with two attached hydrogens (primary N) is 1. The highest BCUT2D eigenvalue weighted by Crippen LogP contribution is 2.31. The average molecular weight is 424 g/mol. The number of ether oxygens (including phenoxy) is 2. The number of aliphatic imine (C=N–C) groups is 2. The number of benzene rings is 1. The quantitative estimate of drug-likeness (QED) is 0.132. The van der Waals surface area contributed by atoms with Crippen LogP contribution in [0.5, 0.6) is 11.5 Å². The minimum atomic E-state index is -0.400. The van der Waals surface area contributed by atoms with Gasteiger partial charge in [-0.15, -0.1) is 0 Å². The minimum Gasteiger partial charge on any atom is -0.493 e. The lowest BCUT2D eigenvalue weighted by Gasteiger charge is -2.24. The Bertz CT molecular complexity index is 697. The maximum atomic E-state index is 11.1. The zero-order chi connectivity index (χ0) is 21.6. The van der Waals surface area contributed by atoms with E-state index in [0.29, 0.717) is 23.1 Å². The first kappa shape index (κ1) is 24.9. The number of nitrogens with one attached hydrogen (secondary N) is 1. The molecule has 0 aliphatic carbocycles. The summed E-state index contributed by atoms with van der Waals surface area (Å²) >= 11 is 1.17. The van der Waals surface area contributed by atoms with Gasteiger partial charge >= 0.3 is 5.97 Å². The Labute approximate surface area is 178 Å². The van der Waals surface area contributed by atoms with Gasteiger partial charge in [0.1, 0.15) is 12.2 Å². The van der Waals surface area contributed by atoms with E-state index in [1.165, 1.54) is 32.5 Å². The molecule has 0 saturated carbocycles. The van der Waals surface area contributed by atoms with Crippen LogP contribution in [0, 0.1) is 5.92 Å². The highest BCUT2D eigenvalue weighted by atomic mass is 32.2. The standard InChI is InChI=1S/C20H33N5O3S/c1-6-25(12-10-15(2)9-11-24-29-21)16(3)22-14-23-18-7-8-19(28-17(4)26)20(13-18)27-5/h7-8,13-15,24H,6,9-12,21H2,1-5H3. The maximum absolute atomic E-state index is 11.1. The van der Waals surface area contributed by atoms with Crippen LogP contribution in [0.4, 0.5) is 5.69 Å². The van der Waals surface area contributed by atoms with E-state index in [4.69, 9.17) is 14.6 Å². The smallest absolute Gasteiger partial charge is 0.308 e. The molecular formula is C20H33N5O3S. The van der Waals surface area contributed by atoms with Crippen LogP contribution in [0.3, 0.4) is 0 Å². The first-order valence-corrected chi connectivity index (χ1v) is 10.6. The molecule has 0 aliphatic heterocycles. The highest BCUT2D eigenvalue weighted by molar-refractivity contribution is 7.95. The Morgan fingerprint density at radius 3 is 2.72 bits per heavy atom. The van der Waals surface area contributed by atoms with Crippen LogP contribution in [-0.4, -0.2) is 49.8 Å². The number of amidine groups is 1. The Hall–Kier alpha value is -2.10. The van der Waals surface area contributed by atoms with Gasteiger partial charge in [-0.05, 0) is 44.7 Å². The number of methoxy groups -OCH3 is 1. The second kappa shape index (κ2) is 14.0. The van der Waals surface area contributed by atoms with Crippen molar-refractivity contribution in [1.82, 2.24) is 9.62 Å². The predicted molar refractivity (Wildman–Crippen MR) is 121 cm³/mol. The molecule has 29 heavy (non-hydrogen) atoms. The second-order valence-electron chi connectivity index (χ2n) is 6.62. The average Bonchev–Trinajstić information content (AvgIpc) is 2.69. The second-order valence-corrected chi connectivity index (χ2v) is 7.15. The van der Waals surface area contributed by atoms with Crippen molar-refractivity contribution >= 4 is 36.0 Å². The van der Waals surface area contributed by atoms with Crippen LogP contribution in [0.25, 0.3) is 0 Å². The van der Waals surface area contributed by atoms with Crippen molar-refractivity contribution in [2.45, 2.75) is 40.5 Å². The molecule has 1 aromatic carbocycles. The minimum absolute atomic E-state index is 0.366. The third-order valence-electron chi connectivity index (χ3n) is 4.41. The van der Waals surface area contributed by atoms with E-state index in [9.17, 15) is 4.79 Å². The molecule has 0 heterocycles. The summed E-state index contributed by atoms with van der Waals surface area (Å²) in [6.45, 7) is 10.4. The number of hydrogen-bond acceptors (Lipinski definition) is 7. The van der Waals surface area contributed by atoms with Crippen molar-refractivity contribution in [2.75, 3.05) is 26.7 Å². The van der Waals surface area contributed by atoms with Gasteiger partial charge in [-0.2, -0.15) is 0 Å². The largest absolute Gasteiger partial charge is 0.493 e. The SMILES string of the molecule is CCN(CCC(C)CCNSN)C(C)=NC=Nc1ccc(OC(C)=O)c(OC)c1. The summed E-state index contributed by atoms with van der Waals surface area (Å²) in [5.74, 6) is 1.94. The van der Waals surface area contributed by atoms with Crippen LogP contribution in [0.15, 0.2) is 28.2 Å². The monoisotopic (exact) mass is 423 g/mol. The molecule has 0 amide bonds. The fourth-order valence-electron chi connectivity index (χ4n) is 2.67. The molecule has 0 spiro atoms. The molecule has 8 nitrogen and oxygen atoms in total. The van der Waals surface area contributed by atoms with Gasteiger partial charge in [-0.25, -0.2) is 9.98 Å². The van der Waals surface area contributed by atoms with E-state index >= 15 is 0 Å². The molecule has 0 bridgehead atoms. The first-order valence-electron chi connectivity index (χ1n) is 9.68. The van der Waals surface area contributed by atoms with E-state index in [1.54, 1.807) is 18.2 Å². The summed E-state index contributed by atoms with van der Waals surface area (Å²) in [7, 11) is 1.52. The fraction of sp³-hybridized carbons (Fsp3) is 0.550. The molecule has 1 atom stereocenters. The topological polar surface area (TPSA) is 102 Å². The van der Waals surface area contributed by atoms with Gasteiger partial charge in [-0.1, -0.05) is 6.92 Å². The molecule has 1 rings (SSSR count). The molecule has 1 unspecified atom stereocenters. The molecule has 0 aliphatic rings. The zero-order valence-electron chi connectivity index (χ0n) is 18.0. The van der Waals surface area contributed by atoms with Crippen molar-refractivity contribution in [2.24, 2.45) is 21.0 Å². The van der Waals surface area contributed by atoms with Crippen LogP contribution in [0.2, 0.25) is 0 Å². The normalized spacial score (nSPS) is 12.8. The first-order chi connectivity index (χ1) is 13.9. The molecule has 3 N–H and O–H groups in total. The number of rotatable bonds is 12. The maximum Gasteiger partial charge on any atom is 0.308 e. The number of nitrogens with zero attached hydrogens (tertiary/aromatic N) is 3. The summed E-state index contributed by atoms with van der Waals surface area (Å²) < 4.78 is 13.4. The van der Waals surface area contributed by atoms with Gasteiger partial charge < -0.3 is 14.4 Å². The predicted octanol–water partition coefficient (Wildman–Crippen LogP) is 3.55. The van der Waals surface area contributed by atoms with Gasteiger partial charge in [0.25, 0.3) is 0 Å². The van der Waals surface area contributed by atoms with Crippen LogP contribution < -0.4 is 19.3 Å². The van der Waals surface area contributed by atoms with Gasteiger partial charge in [-0.3, -0.25) is 14.7 Å². The van der Waals surface area contributed by atoms with Crippen molar-refractivity contribution in [3.63, 3.8) is 0 Å². The Kier molecular flexibility index (Phi) is 12.0. The van der Waals surface area contributed by atoms with Crippen molar-refractivity contribution in [3.8, 4) is 11.5 Å². The number of hydrogen-bond donors (Lipinski definition) is 2. The van der Waals surface area contributed by atoms with Crippen molar-refractivity contribution in [1.29, 1.82) is 0 Å². The third-order valence-corrected chi connectivity index (χ3v) is 4.78. The van der Waals surface area contributed by atoms with Crippen LogP contribution in [-0.2, 0) is 4.79 Å². The summed E-state index contributed by atoms with van der Waals surface area (Å²) in [4.78, 5) is 22.2. The van der Waals surface area contributed by atoms with Crippen LogP contribution in [0.1, 0.15) is 40.5 Å². The third kappa shape index (κ3) is 9.78. The van der Waals surface area contributed by atoms with Gasteiger partial charge in [0, 0.05) is 44.8 Å². The van der Waals surface area contributed by atoms with E-state index in [1.807, 2.05) is 6.92 Å². The summed E-state index contributed by atoms with van der Waals surface area (Å²) in [5, 5.41) is 5.37. The molecular weight excluding hydrogens is 390 g/mol. The molecule has 162 valence electrons. The molecule has 0 radical (unpaired) electrons. The lowest BCUT2D eigenvalue weighted by Crippen LogP contribution is -2.31. The Morgan fingerprint density at radius 1 is 1.34 bits per heavy atom. The molecule has 1 aromatic rings. The van der Waals surface area contributed by atoms with E-state index in [-0.39, 0.29) is 0 Å². The molecule has 0 saturated heterocycles. The van der Waals surface area contributed by atoms with Crippen molar-refractivity contribution in [3.05, 3.63) is 18.2 Å². The number of esters is 1. The lowest BCUT2D eigenvalue weighted by atomic mass is 10.0. The van der Waals surface area contributed by atoms with Crippen LogP contribution >= 0.6 is 12.1 Å². The molecule has 0 aromatic heterocycles. The Morgan fingerprint density at radius 2 is 2.10 bits per heavy atom. The van der Waals surface area contributed by atoms with Gasteiger partial charge in [0.2, 0.25) is 0 Å². The fourth-order valence-corrected chi connectivity index (χ4v) is 2.91. The number of carbonyl (C=O) groups excluding carboxylic acids is 1. The summed E-state index contributed by atoms with van der Waals surface area (Å²) in [6.07, 6.45) is 3.71. The van der Waals surface area contributed by atoms with E-state index in [2.05, 4.69) is 33.5 Å². The zero-order valence-corrected chi connectivity index (χ0v) is 18.8. The lowest BCUT2D eigenvalue weighted by molar-refractivity contribution is -0.132. The van der Waals surface area contributed by atoms with E-state index in [0.717, 1.165) is 38.3 Å². The Balaban J connectivity index is 2.67. The molecule has 0 fully saturated rings. The van der Waals surface area contributed by atoms with E-state index < -0.39 is 5.97 Å². The van der Waals surface area contributed by atoms with Crippen molar-refractivity contribution < 1.29 is 14.3 Å². The summed E-state index contributed by atoms with van der Waals surface area (Å²) in [6, 6.07) is 5.10. The van der Waals surface area contributed by atoms with Gasteiger partial charge in [0.05, 0.1) is 12.8 Å². The summed E-state index contributed by atoms with van der Waals surface area (Å²) in [5.41, 5.74) is 0.663. The highest BCUT2D eigenvalue weighted by Gasteiger charge is 2.09. The number of carbonyl (C=O) groups is 1. The molecule has 9 heteroatoms. The van der Waals surface area contributed by atoms with Gasteiger partial charge in [0.15, 0.2) is 11.5 Å².